The Labute approximate surface area is 184 Å². The second-order valence-electron chi connectivity index (χ2n) is 8.16. The monoisotopic (exact) mass is 413 g/mol. The van der Waals surface area contributed by atoms with Gasteiger partial charge in [-0.15, -0.1) is 0 Å². The van der Waals surface area contributed by atoms with Gasteiger partial charge in [0.15, 0.2) is 0 Å². The van der Waals surface area contributed by atoms with Gasteiger partial charge in [-0.2, -0.15) is 5.26 Å². The van der Waals surface area contributed by atoms with Gasteiger partial charge in [0, 0.05) is 17.5 Å². The molecule has 0 aromatic heterocycles. The van der Waals surface area contributed by atoms with Crippen molar-refractivity contribution in [1.29, 1.82) is 5.26 Å². The van der Waals surface area contributed by atoms with E-state index in [-0.39, 0.29) is 11.8 Å². The highest BCUT2D eigenvalue weighted by molar-refractivity contribution is 5.72. The molecule has 0 saturated heterocycles. The molecule has 2 atom stereocenters. The predicted molar refractivity (Wildman–Crippen MR) is 122 cm³/mol. The quantitative estimate of drug-likeness (QED) is 0.483. The molecular weight excluding hydrogens is 386 g/mol. The Morgan fingerprint density at radius 3 is 2.55 bits per heavy atom. The van der Waals surface area contributed by atoms with Crippen LogP contribution in [0.1, 0.15) is 35.1 Å². The number of aryl methyl sites for hydroxylation is 2. The van der Waals surface area contributed by atoms with E-state index in [9.17, 15) is 5.26 Å². The van der Waals surface area contributed by atoms with Crippen LogP contribution in [0.5, 0.6) is 17.2 Å². The van der Waals surface area contributed by atoms with Crippen molar-refractivity contribution in [3.63, 3.8) is 0 Å². The van der Waals surface area contributed by atoms with Crippen LogP contribution >= 0.6 is 0 Å². The van der Waals surface area contributed by atoms with Crippen LogP contribution in [0.2, 0.25) is 0 Å². The van der Waals surface area contributed by atoms with Crippen LogP contribution in [0.15, 0.2) is 54.6 Å². The minimum absolute atomic E-state index is 0.0689. The van der Waals surface area contributed by atoms with Gasteiger partial charge in [0.25, 0.3) is 0 Å². The lowest BCUT2D eigenvalue weighted by Crippen LogP contribution is -2.09. The zero-order valence-corrected chi connectivity index (χ0v) is 18.4. The number of benzene rings is 3. The van der Waals surface area contributed by atoms with Gasteiger partial charge in [-0.25, -0.2) is 0 Å². The average molecular weight is 414 g/mol. The number of hydrogen-bond donors (Lipinski definition) is 0. The normalized spacial score (nSPS) is 15.5. The Kier molecular flexibility index (Phi) is 5.86. The van der Waals surface area contributed by atoms with E-state index in [1.54, 1.807) is 7.11 Å². The summed E-state index contributed by atoms with van der Waals surface area (Å²) in [5.41, 5.74) is 6.97. The van der Waals surface area contributed by atoms with Gasteiger partial charge in [-0.1, -0.05) is 24.3 Å². The highest BCUT2D eigenvalue weighted by Gasteiger charge is 2.29. The molecule has 0 fully saturated rings. The molecule has 31 heavy (non-hydrogen) atoms. The van der Waals surface area contributed by atoms with E-state index >= 15 is 0 Å². The first kappa shape index (κ1) is 20.8. The van der Waals surface area contributed by atoms with E-state index in [0.717, 1.165) is 28.4 Å². The molecule has 0 bridgehead atoms. The molecule has 1 unspecified atom stereocenters. The van der Waals surface area contributed by atoms with E-state index in [1.165, 1.54) is 22.3 Å². The minimum atomic E-state index is -0.0689. The maximum atomic E-state index is 9.21. The van der Waals surface area contributed by atoms with Gasteiger partial charge >= 0.3 is 0 Å². The molecule has 1 heterocycles. The maximum Gasteiger partial charge on any atom is 0.126 e. The van der Waals surface area contributed by atoms with Crippen molar-refractivity contribution in [2.75, 3.05) is 13.7 Å². The Balaban J connectivity index is 1.51. The molecule has 0 aliphatic carbocycles. The summed E-state index contributed by atoms with van der Waals surface area (Å²) in [5, 5.41) is 9.21. The van der Waals surface area contributed by atoms with Crippen molar-refractivity contribution < 1.29 is 14.2 Å². The van der Waals surface area contributed by atoms with Crippen LogP contribution in [0, 0.1) is 31.1 Å². The van der Waals surface area contributed by atoms with Gasteiger partial charge in [0.2, 0.25) is 0 Å². The van der Waals surface area contributed by atoms with Gasteiger partial charge in [0.1, 0.15) is 23.9 Å². The lowest BCUT2D eigenvalue weighted by molar-refractivity contribution is 0.297. The zero-order valence-electron chi connectivity index (χ0n) is 18.4. The second kappa shape index (κ2) is 8.73. The van der Waals surface area contributed by atoms with E-state index in [2.05, 4.69) is 56.3 Å². The standard InChI is InChI=1S/C27H27NO3/c1-17-10-23(29-4)11-18(2)27(17)21-7-5-6-20(12-21)15-30-22-8-9-24-25(19(3)14-28)16-31-26(24)13-22/h5-13,19,25H,15-16H2,1-4H3/t19-,25?/m0/s1. The molecule has 0 spiro atoms. The number of rotatable bonds is 6. The summed E-state index contributed by atoms with van der Waals surface area (Å²) in [7, 11) is 1.69. The number of nitrogens with zero attached hydrogens (tertiary/aromatic N) is 1. The lowest BCUT2D eigenvalue weighted by Gasteiger charge is -2.14. The summed E-state index contributed by atoms with van der Waals surface area (Å²) in [6, 6.07) is 20.8. The molecule has 158 valence electrons. The molecule has 0 amide bonds. The minimum Gasteiger partial charge on any atom is -0.497 e. The average Bonchev–Trinajstić information content (AvgIpc) is 3.20. The Bertz CT molecular complexity index is 1120. The molecule has 3 aromatic carbocycles. The summed E-state index contributed by atoms with van der Waals surface area (Å²) in [6.45, 7) is 7.18. The van der Waals surface area contributed by atoms with Crippen molar-refractivity contribution in [1.82, 2.24) is 0 Å². The van der Waals surface area contributed by atoms with Crippen molar-refractivity contribution >= 4 is 0 Å². The highest BCUT2D eigenvalue weighted by Crippen LogP contribution is 2.40. The summed E-state index contributed by atoms with van der Waals surface area (Å²) >= 11 is 0. The Hall–Kier alpha value is -3.45. The van der Waals surface area contributed by atoms with Gasteiger partial charge in [-0.05, 0) is 72.9 Å². The summed E-state index contributed by atoms with van der Waals surface area (Å²) in [6.07, 6.45) is 0. The molecule has 0 saturated carbocycles. The third kappa shape index (κ3) is 4.22. The van der Waals surface area contributed by atoms with E-state index in [4.69, 9.17) is 14.2 Å². The van der Waals surface area contributed by atoms with Gasteiger partial charge in [0.05, 0.1) is 25.7 Å². The van der Waals surface area contributed by atoms with Crippen molar-refractivity contribution in [2.24, 2.45) is 5.92 Å². The van der Waals surface area contributed by atoms with Gasteiger partial charge in [-0.3, -0.25) is 0 Å². The highest BCUT2D eigenvalue weighted by atomic mass is 16.5. The van der Waals surface area contributed by atoms with Crippen molar-refractivity contribution in [3.05, 3.63) is 76.9 Å². The Morgan fingerprint density at radius 1 is 1.06 bits per heavy atom. The van der Waals surface area contributed by atoms with Crippen LogP contribution < -0.4 is 14.2 Å². The Morgan fingerprint density at radius 2 is 1.84 bits per heavy atom. The van der Waals surface area contributed by atoms with Crippen LogP contribution in [0.4, 0.5) is 0 Å². The van der Waals surface area contributed by atoms with E-state index in [0.29, 0.717) is 13.2 Å². The molecule has 1 aliphatic heterocycles. The molecule has 4 nitrogen and oxygen atoms in total. The molecular formula is C27H27NO3. The zero-order chi connectivity index (χ0) is 22.0. The number of methoxy groups -OCH3 is 1. The molecule has 0 N–H and O–H groups in total. The summed E-state index contributed by atoms with van der Waals surface area (Å²) < 4.78 is 17.3. The summed E-state index contributed by atoms with van der Waals surface area (Å²) in [4.78, 5) is 0. The molecule has 3 aromatic rings. The first-order chi connectivity index (χ1) is 15.0. The van der Waals surface area contributed by atoms with Gasteiger partial charge < -0.3 is 14.2 Å². The van der Waals surface area contributed by atoms with Crippen LogP contribution in [0.25, 0.3) is 11.1 Å². The maximum absolute atomic E-state index is 9.21. The van der Waals surface area contributed by atoms with Crippen LogP contribution in [-0.4, -0.2) is 13.7 Å². The third-order valence-electron chi connectivity index (χ3n) is 5.97. The second-order valence-corrected chi connectivity index (χ2v) is 8.16. The fourth-order valence-electron chi connectivity index (χ4n) is 4.29. The lowest BCUT2D eigenvalue weighted by atomic mass is 9.90. The molecule has 4 rings (SSSR count). The number of nitriles is 1. The fraction of sp³-hybridized carbons (Fsp3) is 0.296. The van der Waals surface area contributed by atoms with E-state index < -0.39 is 0 Å². The smallest absolute Gasteiger partial charge is 0.126 e. The largest absolute Gasteiger partial charge is 0.497 e. The topological polar surface area (TPSA) is 51.5 Å². The fourth-order valence-corrected chi connectivity index (χ4v) is 4.29. The SMILES string of the molecule is COc1cc(C)c(-c2cccc(COc3ccc4c(c3)OCC4[C@@H](C)C#N)c2)c(C)c1. The first-order valence-electron chi connectivity index (χ1n) is 10.5. The molecule has 4 heteroatoms. The van der Waals surface area contributed by atoms with E-state index in [1.807, 2.05) is 25.1 Å². The van der Waals surface area contributed by atoms with Crippen molar-refractivity contribution in [2.45, 2.75) is 33.3 Å². The summed E-state index contributed by atoms with van der Waals surface area (Å²) in [5.74, 6) is 2.53. The third-order valence-corrected chi connectivity index (χ3v) is 5.97. The molecule has 0 radical (unpaired) electrons. The molecule has 1 aliphatic rings. The first-order valence-corrected chi connectivity index (χ1v) is 10.5. The number of hydrogen-bond acceptors (Lipinski definition) is 4. The van der Waals surface area contributed by atoms with Crippen LogP contribution in [-0.2, 0) is 6.61 Å². The van der Waals surface area contributed by atoms with Crippen LogP contribution in [0.3, 0.4) is 0 Å². The predicted octanol–water partition coefficient (Wildman–Crippen LogP) is 6.19. The van der Waals surface area contributed by atoms with Crippen molar-refractivity contribution in [3.8, 4) is 34.4 Å². The number of fused-ring (bicyclic) bond motifs is 1. The number of ether oxygens (including phenoxy) is 3.